The first-order valence-corrected chi connectivity index (χ1v) is 7.06. The van der Waals surface area contributed by atoms with E-state index in [9.17, 15) is 9.90 Å². The van der Waals surface area contributed by atoms with E-state index in [1.807, 2.05) is 20.8 Å². The molecule has 0 radical (unpaired) electrons. The zero-order valence-electron chi connectivity index (χ0n) is 11.7. The summed E-state index contributed by atoms with van der Waals surface area (Å²) in [6, 6.07) is 0. The van der Waals surface area contributed by atoms with Crippen LogP contribution in [-0.2, 0) is 14.3 Å². The van der Waals surface area contributed by atoms with Gasteiger partial charge in [0.05, 0.1) is 5.92 Å². The predicted molar refractivity (Wildman–Crippen MR) is 68.9 cm³/mol. The van der Waals surface area contributed by atoms with E-state index in [1.165, 1.54) is 6.42 Å². The topological polar surface area (TPSA) is 55.8 Å². The van der Waals surface area contributed by atoms with Crippen LogP contribution in [0.1, 0.15) is 52.9 Å². The maximum atomic E-state index is 12.0. The van der Waals surface area contributed by atoms with E-state index < -0.39 is 12.4 Å². The number of aliphatic hydroxyl groups excluding tert-OH is 1. The third-order valence-corrected chi connectivity index (χ3v) is 3.47. The Morgan fingerprint density at radius 1 is 1.28 bits per heavy atom. The number of rotatable bonds is 6. The van der Waals surface area contributed by atoms with Gasteiger partial charge >= 0.3 is 5.97 Å². The molecule has 1 N–H and O–H groups in total. The summed E-state index contributed by atoms with van der Waals surface area (Å²) in [5.41, 5.74) is 0. The standard InChI is InChI=1S/C14H26O4/c1-4-17-14(16)12(10(2)3)18-13(15)11-8-6-5-7-9-11/h10-12,14,16H,4-9H2,1-3H3. The molecule has 0 bridgehead atoms. The van der Waals surface area contributed by atoms with Gasteiger partial charge in [0.25, 0.3) is 0 Å². The zero-order chi connectivity index (χ0) is 13.5. The average molecular weight is 258 g/mol. The molecule has 0 aliphatic heterocycles. The van der Waals surface area contributed by atoms with E-state index in [2.05, 4.69) is 0 Å². The highest BCUT2D eigenvalue weighted by atomic mass is 16.6. The zero-order valence-corrected chi connectivity index (χ0v) is 11.7. The third-order valence-electron chi connectivity index (χ3n) is 3.47. The summed E-state index contributed by atoms with van der Waals surface area (Å²) < 4.78 is 10.6. The first-order chi connectivity index (χ1) is 8.56. The highest BCUT2D eigenvalue weighted by Gasteiger charge is 2.31. The molecule has 1 fully saturated rings. The van der Waals surface area contributed by atoms with Crippen molar-refractivity contribution in [3.8, 4) is 0 Å². The van der Waals surface area contributed by atoms with Gasteiger partial charge in [-0.1, -0.05) is 33.1 Å². The van der Waals surface area contributed by atoms with Crippen molar-refractivity contribution in [2.75, 3.05) is 6.61 Å². The molecule has 1 rings (SSSR count). The van der Waals surface area contributed by atoms with E-state index in [1.54, 1.807) is 0 Å². The van der Waals surface area contributed by atoms with Crippen LogP contribution in [0, 0.1) is 11.8 Å². The Labute approximate surface area is 110 Å². The van der Waals surface area contributed by atoms with Crippen LogP contribution in [0.25, 0.3) is 0 Å². The molecule has 0 aromatic rings. The second-order valence-corrected chi connectivity index (χ2v) is 5.33. The van der Waals surface area contributed by atoms with Gasteiger partial charge in [0.1, 0.15) is 0 Å². The minimum Gasteiger partial charge on any atom is -0.456 e. The number of hydrogen-bond donors (Lipinski definition) is 1. The fraction of sp³-hybridized carbons (Fsp3) is 0.929. The van der Waals surface area contributed by atoms with Gasteiger partial charge in [-0.05, 0) is 25.7 Å². The van der Waals surface area contributed by atoms with Gasteiger partial charge < -0.3 is 14.6 Å². The first kappa shape index (κ1) is 15.4. The van der Waals surface area contributed by atoms with Crippen molar-refractivity contribution in [1.82, 2.24) is 0 Å². The van der Waals surface area contributed by atoms with Crippen LogP contribution in [0.2, 0.25) is 0 Å². The monoisotopic (exact) mass is 258 g/mol. The molecule has 106 valence electrons. The summed E-state index contributed by atoms with van der Waals surface area (Å²) in [6.45, 7) is 6.05. The van der Waals surface area contributed by atoms with Gasteiger partial charge in [-0.25, -0.2) is 0 Å². The molecule has 0 spiro atoms. The largest absolute Gasteiger partial charge is 0.456 e. The predicted octanol–water partition coefficient (Wildman–Crippen LogP) is 2.49. The fourth-order valence-electron chi connectivity index (χ4n) is 2.36. The Kier molecular flexibility index (Phi) is 6.65. The normalized spacial score (nSPS) is 20.7. The SMILES string of the molecule is CCOC(O)C(OC(=O)C1CCCCC1)C(C)C. The van der Waals surface area contributed by atoms with E-state index in [4.69, 9.17) is 9.47 Å². The summed E-state index contributed by atoms with van der Waals surface area (Å²) in [5.74, 6) is -0.125. The number of ether oxygens (including phenoxy) is 2. The van der Waals surface area contributed by atoms with Crippen molar-refractivity contribution in [3.05, 3.63) is 0 Å². The molecule has 4 heteroatoms. The van der Waals surface area contributed by atoms with Crippen molar-refractivity contribution < 1.29 is 19.4 Å². The van der Waals surface area contributed by atoms with Crippen molar-refractivity contribution in [2.24, 2.45) is 11.8 Å². The number of carbonyl (C=O) groups is 1. The second kappa shape index (κ2) is 7.74. The van der Waals surface area contributed by atoms with E-state index in [0.29, 0.717) is 6.61 Å². The van der Waals surface area contributed by atoms with Crippen LogP contribution >= 0.6 is 0 Å². The maximum absolute atomic E-state index is 12.0. The van der Waals surface area contributed by atoms with Crippen molar-refractivity contribution in [3.63, 3.8) is 0 Å². The summed E-state index contributed by atoms with van der Waals surface area (Å²) in [5, 5.41) is 9.83. The number of aliphatic hydroxyl groups is 1. The van der Waals surface area contributed by atoms with Gasteiger partial charge in [0.15, 0.2) is 12.4 Å². The summed E-state index contributed by atoms with van der Waals surface area (Å²) >= 11 is 0. The highest BCUT2D eigenvalue weighted by molar-refractivity contribution is 5.72. The van der Waals surface area contributed by atoms with Crippen LogP contribution < -0.4 is 0 Å². The van der Waals surface area contributed by atoms with Gasteiger partial charge in [-0.2, -0.15) is 0 Å². The van der Waals surface area contributed by atoms with E-state index >= 15 is 0 Å². The lowest BCUT2D eigenvalue weighted by molar-refractivity contribution is -0.201. The van der Waals surface area contributed by atoms with E-state index in [-0.39, 0.29) is 17.8 Å². The van der Waals surface area contributed by atoms with Crippen molar-refractivity contribution in [1.29, 1.82) is 0 Å². The Morgan fingerprint density at radius 3 is 2.39 bits per heavy atom. The van der Waals surface area contributed by atoms with Gasteiger partial charge in [-0.3, -0.25) is 4.79 Å². The molecular weight excluding hydrogens is 232 g/mol. The maximum Gasteiger partial charge on any atom is 0.309 e. The van der Waals surface area contributed by atoms with Crippen LogP contribution in [0.4, 0.5) is 0 Å². The number of carbonyl (C=O) groups excluding carboxylic acids is 1. The van der Waals surface area contributed by atoms with Crippen molar-refractivity contribution >= 4 is 5.97 Å². The van der Waals surface area contributed by atoms with Gasteiger partial charge in [0, 0.05) is 6.61 Å². The molecule has 0 aromatic heterocycles. The summed E-state index contributed by atoms with van der Waals surface area (Å²) in [4.78, 5) is 12.0. The fourth-order valence-corrected chi connectivity index (χ4v) is 2.36. The summed E-state index contributed by atoms with van der Waals surface area (Å²) in [7, 11) is 0. The van der Waals surface area contributed by atoms with Gasteiger partial charge in [0.2, 0.25) is 0 Å². The van der Waals surface area contributed by atoms with Crippen molar-refractivity contribution in [2.45, 2.75) is 65.3 Å². The molecule has 18 heavy (non-hydrogen) atoms. The third kappa shape index (κ3) is 4.58. The Bertz CT molecular complexity index is 246. The first-order valence-electron chi connectivity index (χ1n) is 7.06. The molecule has 0 heterocycles. The molecule has 2 unspecified atom stereocenters. The lowest BCUT2D eigenvalue weighted by Crippen LogP contribution is -2.39. The van der Waals surface area contributed by atoms with Crippen LogP contribution in [0.5, 0.6) is 0 Å². The Balaban J connectivity index is 2.51. The highest BCUT2D eigenvalue weighted by Crippen LogP contribution is 2.26. The number of esters is 1. The Hall–Kier alpha value is -0.610. The minimum absolute atomic E-state index is 0.00817. The quantitative estimate of drug-likeness (QED) is 0.587. The van der Waals surface area contributed by atoms with Gasteiger partial charge in [-0.15, -0.1) is 0 Å². The summed E-state index contributed by atoms with van der Waals surface area (Å²) in [6.07, 6.45) is 3.63. The molecule has 4 nitrogen and oxygen atoms in total. The molecule has 2 atom stereocenters. The molecular formula is C14H26O4. The lowest BCUT2D eigenvalue weighted by atomic mass is 9.89. The molecule has 0 saturated heterocycles. The molecule has 1 saturated carbocycles. The van der Waals surface area contributed by atoms with Crippen LogP contribution in [-0.4, -0.2) is 30.1 Å². The lowest BCUT2D eigenvalue weighted by Gasteiger charge is -2.28. The Morgan fingerprint density at radius 2 is 1.89 bits per heavy atom. The smallest absolute Gasteiger partial charge is 0.309 e. The second-order valence-electron chi connectivity index (χ2n) is 5.33. The molecule has 0 amide bonds. The minimum atomic E-state index is -1.03. The average Bonchev–Trinajstić information content (AvgIpc) is 2.36. The van der Waals surface area contributed by atoms with Crippen LogP contribution in [0.15, 0.2) is 0 Å². The molecule has 0 aromatic carbocycles. The number of hydrogen-bond acceptors (Lipinski definition) is 4. The van der Waals surface area contributed by atoms with E-state index in [0.717, 1.165) is 25.7 Å². The molecule has 1 aliphatic carbocycles. The molecule has 1 aliphatic rings. The van der Waals surface area contributed by atoms with Crippen LogP contribution in [0.3, 0.4) is 0 Å².